The van der Waals surface area contributed by atoms with E-state index in [0.29, 0.717) is 27.2 Å². The Morgan fingerprint density at radius 1 is 1.06 bits per heavy atom. The zero-order chi connectivity index (χ0) is 24.5. The third-order valence-corrected chi connectivity index (χ3v) is 6.85. The van der Waals surface area contributed by atoms with Gasteiger partial charge < -0.3 is 16.0 Å². The lowest BCUT2D eigenvalue weighted by Crippen LogP contribution is -2.30. The molecule has 0 atom stereocenters. The van der Waals surface area contributed by atoms with Crippen LogP contribution in [0.25, 0.3) is 21.5 Å². The maximum Gasteiger partial charge on any atom is 0.294 e. The van der Waals surface area contributed by atoms with E-state index >= 15 is 0 Å². The molecule has 4 aromatic rings. The minimum Gasteiger partial charge on any atom is -0.366 e. The molecular weight excluding hydrogens is 471 g/mol. The molecule has 1 aliphatic heterocycles. The smallest absolute Gasteiger partial charge is 0.294 e. The summed E-state index contributed by atoms with van der Waals surface area (Å²) in [4.78, 5) is 43.9. The monoisotopic (exact) mass is 492 g/mol. The third-order valence-electron chi connectivity index (χ3n) is 5.73. The van der Waals surface area contributed by atoms with Crippen LogP contribution in [0, 0.1) is 5.82 Å². The number of aromatic nitrogens is 3. The van der Waals surface area contributed by atoms with Gasteiger partial charge in [-0.1, -0.05) is 11.3 Å². The third kappa shape index (κ3) is 4.62. The Hall–Kier alpha value is -4.12. The number of nitrogens with one attached hydrogen (secondary N) is 1. The van der Waals surface area contributed by atoms with E-state index in [9.17, 15) is 18.8 Å². The Morgan fingerprint density at radius 2 is 1.74 bits per heavy atom. The van der Waals surface area contributed by atoms with Gasteiger partial charge in [-0.15, -0.1) is 0 Å². The molecule has 0 saturated carbocycles. The number of halogens is 1. The molecule has 1 aliphatic rings. The molecule has 178 valence electrons. The summed E-state index contributed by atoms with van der Waals surface area (Å²) < 4.78 is 15.2. The second kappa shape index (κ2) is 9.26. The quantitative estimate of drug-likeness (QED) is 0.427. The molecule has 0 spiro atoms. The van der Waals surface area contributed by atoms with Crippen molar-refractivity contribution in [1.29, 1.82) is 0 Å². The lowest BCUT2D eigenvalue weighted by Gasteiger charge is -2.11. The van der Waals surface area contributed by atoms with Crippen molar-refractivity contribution in [3.05, 3.63) is 70.3 Å². The van der Waals surface area contributed by atoms with Crippen molar-refractivity contribution in [2.45, 2.75) is 19.4 Å². The Bertz CT molecular complexity index is 1470. The SMILES string of the molecule is NC(=O)c1ccc(NC(=O)Cn2nc(-c3ccc(F)cc3)c3sc(N4CCCC4)nc3c2=O)cc1. The molecule has 0 radical (unpaired) electrons. The van der Waals surface area contributed by atoms with Gasteiger partial charge in [0.1, 0.15) is 18.1 Å². The average Bonchev–Trinajstić information content (AvgIpc) is 3.52. The van der Waals surface area contributed by atoms with Gasteiger partial charge in [-0.25, -0.2) is 14.1 Å². The van der Waals surface area contributed by atoms with E-state index in [-0.39, 0.29) is 17.9 Å². The van der Waals surface area contributed by atoms with Gasteiger partial charge in [0, 0.05) is 29.9 Å². The van der Waals surface area contributed by atoms with Crippen LogP contribution in [0.2, 0.25) is 0 Å². The van der Waals surface area contributed by atoms with Crippen molar-refractivity contribution >= 4 is 44.2 Å². The number of nitrogens with two attached hydrogens (primary N) is 1. The Labute approximate surface area is 203 Å². The van der Waals surface area contributed by atoms with Gasteiger partial charge in [-0.05, 0) is 61.4 Å². The molecule has 0 aliphatic carbocycles. The Kier molecular flexibility index (Phi) is 6.00. The largest absolute Gasteiger partial charge is 0.366 e. The highest BCUT2D eigenvalue weighted by Gasteiger charge is 2.22. The minimum atomic E-state index is -0.572. The number of hydrogen-bond donors (Lipinski definition) is 2. The Morgan fingerprint density at radius 3 is 2.40 bits per heavy atom. The van der Waals surface area contributed by atoms with Crippen molar-refractivity contribution < 1.29 is 14.0 Å². The van der Waals surface area contributed by atoms with E-state index < -0.39 is 17.4 Å². The van der Waals surface area contributed by atoms with Crippen LogP contribution >= 0.6 is 11.3 Å². The van der Waals surface area contributed by atoms with Gasteiger partial charge in [-0.3, -0.25) is 14.4 Å². The van der Waals surface area contributed by atoms with Crippen molar-refractivity contribution in [3.63, 3.8) is 0 Å². The number of amides is 2. The number of fused-ring (bicyclic) bond motifs is 1. The predicted octanol–water partition coefficient (Wildman–Crippen LogP) is 3.00. The van der Waals surface area contributed by atoms with Crippen LogP contribution < -0.4 is 21.5 Å². The number of carbonyl (C=O) groups is 2. The molecule has 2 aromatic heterocycles. The average molecular weight is 493 g/mol. The molecule has 5 rings (SSSR count). The Balaban J connectivity index is 1.51. The molecule has 11 heteroatoms. The summed E-state index contributed by atoms with van der Waals surface area (Å²) in [6, 6.07) is 11.9. The summed E-state index contributed by atoms with van der Waals surface area (Å²) in [5, 5.41) is 7.89. The highest BCUT2D eigenvalue weighted by molar-refractivity contribution is 7.22. The topological polar surface area (TPSA) is 123 Å². The molecule has 3 N–H and O–H groups in total. The summed E-state index contributed by atoms with van der Waals surface area (Å²) in [5.41, 5.74) is 6.82. The number of carbonyl (C=O) groups excluding carboxylic acids is 2. The zero-order valence-electron chi connectivity index (χ0n) is 18.5. The van der Waals surface area contributed by atoms with Crippen LogP contribution in [-0.4, -0.2) is 39.7 Å². The predicted molar refractivity (Wildman–Crippen MR) is 132 cm³/mol. The van der Waals surface area contributed by atoms with E-state index in [0.717, 1.165) is 35.7 Å². The summed E-state index contributed by atoms with van der Waals surface area (Å²) in [6.45, 7) is 1.38. The lowest BCUT2D eigenvalue weighted by atomic mass is 10.1. The van der Waals surface area contributed by atoms with Crippen molar-refractivity contribution in [2.24, 2.45) is 5.73 Å². The maximum atomic E-state index is 13.5. The van der Waals surface area contributed by atoms with E-state index in [2.05, 4.69) is 20.3 Å². The van der Waals surface area contributed by atoms with Crippen molar-refractivity contribution in [3.8, 4) is 11.3 Å². The van der Waals surface area contributed by atoms with Crippen LogP contribution in [0.5, 0.6) is 0 Å². The first kappa shape index (κ1) is 22.7. The first-order chi connectivity index (χ1) is 16.9. The van der Waals surface area contributed by atoms with Gasteiger partial charge in [0.15, 0.2) is 10.6 Å². The summed E-state index contributed by atoms with van der Waals surface area (Å²) in [5.74, 6) is -1.44. The van der Waals surface area contributed by atoms with E-state index in [1.165, 1.54) is 35.6 Å². The van der Waals surface area contributed by atoms with Crippen LogP contribution in [-0.2, 0) is 11.3 Å². The molecule has 1 saturated heterocycles. The van der Waals surface area contributed by atoms with Gasteiger partial charge in [-0.2, -0.15) is 5.10 Å². The van der Waals surface area contributed by atoms with Gasteiger partial charge >= 0.3 is 0 Å². The first-order valence-corrected chi connectivity index (χ1v) is 11.8. The molecule has 35 heavy (non-hydrogen) atoms. The van der Waals surface area contributed by atoms with Crippen LogP contribution in [0.3, 0.4) is 0 Å². The number of primary amides is 1. The molecule has 9 nitrogen and oxygen atoms in total. The lowest BCUT2D eigenvalue weighted by molar-refractivity contribution is -0.117. The molecule has 2 aromatic carbocycles. The molecule has 0 unspecified atom stereocenters. The first-order valence-electron chi connectivity index (χ1n) is 11.0. The van der Waals surface area contributed by atoms with E-state index in [1.807, 2.05) is 0 Å². The van der Waals surface area contributed by atoms with E-state index in [1.54, 1.807) is 24.3 Å². The highest BCUT2D eigenvalue weighted by Crippen LogP contribution is 2.35. The number of hydrogen-bond acceptors (Lipinski definition) is 7. The highest BCUT2D eigenvalue weighted by atomic mass is 32.1. The number of thiazole rings is 1. The molecular formula is C24H21FN6O3S. The normalized spacial score (nSPS) is 13.3. The molecule has 2 amide bonds. The maximum absolute atomic E-state index is 13.5. The van der Waals surface area contributed by atoms with Gasteiger partial charge in [0.2, 0.25) is 11.8 Å². The van der Waals surface area contributed by atoms with Crippen molar-refractivity contribution in [1.82, 2.24) is 14.8 Å². The fraction of sp³-hybridized carbons (Fsp3) is 0.208. The number of anilines is 2. The molecule has 3 heterocycles. The summed E-state index contributed by atoms with van der Waals surface area (Å²) >= 11 is 1.38. The van der Waals surface area contributed by atoms with E-state index in [4.69, 9.17) is 5.73 Å². The second-order valence-electron chi connectivity index (χ2n) is 8.18. The fourth-order valence-electron chi connectivity index (χ4n) is 3.95. The van der Waals surface area contributed by atoms with Crippen LogP contribution in [0.4, 0.5) is 15.2 Å². The van der Waals surface area contributed by atoms with Crippen LogP contribution in [0.15, 0.2) is 53.3 Å². The molecule has 0 bridgehead atoms. The number of rotatable bonds is 6. The fourth-order valence-corrected chi connectivity index (χ4v) is 5.07. The number of nitrogens with zero attached hydrogens (tertiary/aromatic N) is 4. The van der Waals surface area contributed by atoms with Crippen LogP contribution in [0.1, 0.15) is 23.2 Å². The summed E-state index contributed by atoms with van der Waals surface area (Å²) in [7, 11) is 0. The van der Waals surface area contributed by atoms with Gasteiger partial charge in [0.05, 0.1) is 4.70 Å². The number of benzene rings is 2. The van der Waals surface area contributed by atoms with Crippen molar-refractivity contribution in [2.75, 3.05) is 23.3 Å². The molecule has 1 fully saturated rings. The summed E-state index contributed by atoms with van der Waals surface area (Å²) in [6.07, 6.45) is 2.12. The second-order valence-corrected chi connectivity index (χ2v) is 9.15. The van der Waals surface area contributed by atoms with Gasteiger partial charge in [0.25, 0.3) is 5.56 Å². The minimum absolute atomic E-state index is 0.227. The zero-order valence-corrected chi connectivity index (χ0v) is 19.3. The standard InChI is InChI=1S/C24H21FN6O3S/c25-16-7-3-14(4-8-16)19-21-20(28-24(35-21)30-11-1-2-12-30)23(34)31(29-19)13-18(32)27-17-9-5-15(6-10-17)22(26)33/h3-10H,1-2,11-13H2,(H2,26,33)(H,27,32).